The number of hydrogen-bond acceptors (Lipinski definition) is 4. The van der Waals surface area contributed by atoms with Gasteiger partial charge in [0.05, 0.1) is 0 Å². The van der Waals surface area contributed by atoms with Crippen LogP contribution in [0.1, 0.15) is 43.9 Å². The van der Waals surface area contributed by atoms with E-state index in [4.69, 9.17) is 9.52 Å². The molecule has 20 heavy (non-hydrogen) atoms. The van der Waals surface area contributed by atoms with Crippen LogP contribution in [-0.4, -0.2) is 22.6 Å². The molecule has 0 atom stereocenters. The Bertz CT molecular complexity index is 617. The number of oxazole rings is 1. The minimum absolute atomic E-state index is 0.0382. The largest absolute Gasteiger partial charge is 0.440 e. The molecule has 0 bridgehead atoms. The zero-order chi connectivity index (χ0) is 13.9. The Balaban J connectivity index is 1.67. The highest BCUT2D eigenvalue weighted by atomic mass is 16.3. The van der Waals surface area contributed by atoms with E-state index < -0.39 is 0 Å². The van der Waals surface area contributed by atoms with Crippen molar-refractivity contribution in [3.8, 4) is 0 Å². The summed E-state index contributed by atoms with van der Waals surface area (Å²) in [5.74, 6) is 1.26. The molecule has 0 radical (unpaired) electrons. The van der Waals surface area contributed by atoms with Crippen LogP contribution in [0.25, 0.3) is 11.1 Å². The number of aliphatic hydroxyl groups is 1. The Morgan fingerprint density at radius 2 is 2.25 bits per heavy atom. The number of amides is 1. The van der Waals surface area contributed by atoms with E-state index in [0.717, 1.165) is 35.5 Å². The van der Waals surface area contributed by atoms with E-state index in [1.807, 2.05) is 18.2 Å². The fourth-order valence-electron chi connectivity index (χ4n) is 2.15. The molecule has 1 aromatic heterocycles. The predicted octanol–water partition coefficient (Wildman–Crippen LogP) is 2.81. The highest BCUT2D eigenvalue weighted by Gasteiger charge is 2.28. The summed E-state index contributed by atoms with van der Waals surface area (Å²) in [6, 6.07) is 5.51. The Morgan fingerprint density at radius 3 is 3.00 bits per heavy atom. The second kappa shape index (κ2) is 5.63. The van der Waals surface area contributed by atoms with Crippen LogP contribution >= 0.6 is 0 Å². The second-order valence-electron chi connectivity index (χ2n) is 5.24. The molecule has 0 spiro atoms. The molecule has 1 aromatic carbocycles. The van der Waals surface area contributed by atoms with Crippen molar-refractivity contribution in [2.75, 3.05) is 11.9 Å². The van der Waals surface area contributed by atoms with Gasteiger partial charge in [0, 0.05) is 24.6 Å². The molecule has 1 heterocycles. The molecule has 1 amide bonds. The van der Waals surface area contributed by atoms with Crippen LogP contribution in [0.15, 0.2) is 22.6 Å². The molecular weight excluding hydrogens is 256 g/mol. The second-order valence-corrected chi connectivity index (χ2v) is 5.24. The number of anilines is 1. The molecule has 2 aromatic rings. The summed E-state index contributed by atoms with van der Waals surface area (Å²) in [6.07, 6.45) is 4.08. The normalized spacial score (nSPS) is 14.7. The maximum absolute atomic E-state index is 11.7. The number of carbonyl (C=O) groups excluding carboxylic acids is 1. The van der Waals surface area contributed by atoms with E-state index in [1.165, 1.54) is 0 Å². The van der Waals surface area contributed by atoms with E-state index >= 15 is 0 Å². The Morgan fingerprint density at radius 1 is 1.40 bits per heavy atom. The van der Waals surface area contributed by atoms with E-state index in [9.17, 15) is 4.79 Å². The third-order valence-electron chi connectivity index (χ3n) is 3.43. The number of benzene rings is 1. The van der Waals surface area contributed by atoms with E-state index in [1.54, 1.807) is 0 Å². The molecule has 106 valence electrons. The molecule has 5 heteroatoms. The van der Waals surface area contributed by atoms with Gasteiger partial charge < -0.3 is 14.8 Å². The minimum Gasteiger partial charge on any atom is -0.440 e. The highest BCUT2D eigenvalue weighted by Crippen LogP contribution is 2.40. The molecular formula is C15H18N2O3. The predicted molar refractivity (Wildman–Crippen MR) is 75.6 cm³/mol. The highest BCUT2D eigenvalue weighted by molar-refractivity contribution is 5.92. The smallest absolute Gasteiger partial charge is 0.224 e. The number of aromatic nitrogens is 1. The van der Waals surface area contributed by atoms with Crippen LogP contribution in [0.3, 0.4) is 0 Å². The molecule has 2 N–H and O–H groups in total. The fraction of sp³-hybridized carbons (Fsp3) is 0.467. The lowest BCUT2D eigenvalue weighted by Gasteiger charge is -2.04. The fourth-order valence-corrected chi connectivity index (χ4v) is 2.15. The van der Waals surface area contributed by atoms with Crippen LogP contribution < -0.4 is 5.32 Å². The van der Waals surface area contributed by atoms with Crippen molar-refractivity contribution in [1.82, 2.24) is 4.98 Å². The summed E-state index contributed by atoms with van der Waals surface area (Å²) >= 11 is 0. The monoisotopic (exact) mass is 274 g/mol. The number of aliphatic hydroxyl groups excluding tert-OH is 1. The van der Waals surface area contributed by atoms with Gasteiger partial charge in [-0.25, -0.2) is 4.98 Å². The molecule has 1 aliphatic rings. The van der Waals surface area contributed by atoms with Gasteiger partial charge in [-0.15, -0.1) is 0 Å². The van der Waals surface area contributed by atoms with Crippen molar-refractivity contribution >= 4 is 22.7 Å². The van der Waals surface area contributed by atoms with Crippen molar-refractivity contribution in [2.45, 2.75) is 38.0 Å². The first-order chi connectivity index (χ1) is 9.76. The summed E-state index contributed by atoms with van der Waals surface area (Å²) in [5, 5.41) is 11.5. The molecule has 1 saturated carbocycles. The van der Waals surface area contributed by atoms with Gasteiger partial charge in [-0.2, -0.15) is 0 Å². The average Bonchev–Trinajstić information content (AvgIpc) is 3.19. The maximum Gasteiger partial charge on any atom is 0.224 e. The summed E-state index contributed by atoms with van der Waals surface area (Å²) in [5.41, 5.74) is 2.30. The van der Waals surface area contributed by atoms with Crippen LogP contribution in [0.2, 0.25) is 0 Å². The van der Waals surface area contributed by atoms with Crippen LogP contribution in [0.5, 0.6) is 0 Å². The first kappa shape index (κ1) is 13.1. The van der Waals surface area contributed by atoms with Gasteiger partial charge in [-0.3, -0.25) is 4.79 Å². The molecule has 1 fully saturated rings. The lowest BCUT2D eigenvalue weighted by molar-refractivity contribution is -0.116. The lowest BCUT2D eigenvalue weighted by Crippen LogP contribution is -2.11. The first-order valence-electron chi connectivity index (χ1n) is 7.07. The lowest BCUT2D eigenvalue weighted by atomic mass is 10.2. The number of rotatable bonds is 6. The Hall–Kier alpha value is -1.88. The number of carbonyl (C=O) groups is 1. The SMILES string of the molecule is O=C(CCCCO)Nc1ccc2oc(C3CC3)nc2c1. The van der Waals surface area contributed by atoms with E-state index in [0.29, 0.717) is 25.2 Å². The quantitative estimate of drug-likeness (QED) is 0.794. The summed E-state index contributed by atoms with van der Waals surface area (Å²) in [4.78, 5) is 16.2. The third-order valence-corrected chi connectivity index (χ3v) is 3.43. The number of nitrogens with zero attached hydrogens (tertiary/aromatic N) is 1. The molecule has 5 nitrogen and oxygen atoms in total. The zero-order valence-corrected chi connectivity index (χ0v) is 11.3. The average molecular weight is 274 g/mol. The topological polar surface area (TPSA) is 75.4 Å². The molecule has 1 aliphatic carbocycles. The van der Waals surface area contributed by atoms with Gasteiger partial charge in [0.15, 0.2) is 11.5 Å². The van der Waals surface area contributed by atoms with Gasteiger partial charge in [0.2, 0.25) is 5.91 Å². The standard InChI is InChI=1S/C15H18N2O3/c18-8-2-1-3-14(19)16-11-6-7-13-12(9-11)17-15(20-13)10-4-5-10/h6-7,9-10,18H,1-5,8H2,(H,16,19). The van der Waals surface area contributed by atoms with Gasteiger partial charge >= 0.3 is 0 Å². The number of nitrogens with one attached hydrogen (secondary N) is 1. The van der Waals surface area contributed by atoms with Crippen LogP contribution in [0, 0.1) is 0 Å². The van der Waals surface area contributed by atoms with E-state index in [-0.39, 0.29) is 12.5 Å². The third kappa shape index (κ3) is 2.99. The first-order valence-corrected chi connectivity index (χ1v) is 7.07. The van der Waals surface area contributed by atoms with Gasteiger partial charge in [-0.1, -0.05) is 0 Å². The van der Waals surface area contributed by atoms with E-state index in [2.05, 4.69) is 10.3 Å². The van der Waals surface area contributed by atoms with Gasteiger partial charge in [0.1, 0.15) is 5.52 Å². The van der Waals surface area contributed by atoms with Crippen molar-refractivity contribution in [2.24, 2.45) is 0 Å². The minimum atomic E-state index is -0.0382. The van der Waals surface area contributed by atoms with Gasteiger partial charge in [0.25, 0.3) is 0 Å². The number of hydrogen-bond donors (Lipinski definition) is 2. The zero-order valence-electron chi connectivity index (χ0n) is 11.3. The maximum atomic E-state index is 11.7. The van der Waals surface area contributed by atoms with Crippen molar-refractivity contribution in [3.63, 3.8) is 0 Å². The van der Waals surface area contributed by atoms with Gasteiger partial charge in [-0.05, 0) is 43.9 Å². The molecule has 0 saturated heterocycles. The van der Waals surface area contributed by atoms with Crippen molar-refractivity contribution < 1.29 is 14.3 Å². The summed E-state index contributed by atoms with van der Waals surface area (Å²) < 4.78 is 5.68. The molecule has 0 unspecified atom stereocenters. The van der Waals surface area contributed by atoms with Crippen molar-refractivity contribution in [3.05, 3.63) is 24.1 Å². The summed E-state index contributed by atoms with van der Waals surface area (Å²) in [7, 11) is 0. The Labute approximate surface area is 117 Å². The summed E-state index contributed by atoms with van der Waals surface area (Å²) in [6.45, 7) is 0.127. The van der Waals surface area contributed by atoms with Crippen LogP contribution in [-0.2, 0) is 4.79 Å². The van der Waals surface area contributed by atoms with Crippen molar-refractivity contribution in [1.29, 1.82) is 0 Å². The number of unbranched alkanes of at least 4 members (excludes halogenated alkanes) is 1. The number of fused-ring (bicyclic) bond motifs is 1. The molecule has 0 aliphatic heterocycles. The molecule has 3 rings (SSSR count). The Kier molecular flexibility index (Phi) is 3.69. The van der Waals surface area contributed by atoms with Crippen LogP contribution in [0.4, 0.5) is 5.69 Å².